The van der Waals surface area contributed by atoms with E-state index in [1.807, 2.05) is 44.2 Å². The summed E-state index contributed by atoms with van der Waals surface area (Å²) >= 11 is 0. The molecule has 0 aliphatic heterocycles. The van der Waals surface area contributed by atoms with Crippen molar-refractivity contribution in [1.29, 1.82) is 0 Å². The van der Waals surface area contributed by atoms with E-state index in [9.17, 15) is 9.59 Å². The van der Waals surface area contributed by atoms with Crippen LogP contribution in [0.25, 0.3) is 21.7 Å². The molecule has 0 atom stereocenters. The Bertz CT molecular complexity index is 893. The van der Waals surface area contributed by atoms with Gasteiger partial charge in [-0.15, -0.1) is 0 Å². The zero-order valence-corrected chi connectivity index (χ0v) is 11.8. The number of hydrogen-bond donors (Lipinski definition) is 1. The monoisotopic (exact) mass is 281 g/mol. The van der Waals surface area contributed by atoms with Crippen molar-refractivity contribution >= 4 is 27.6 Å². The lowest BCUT2D eigenvalue weighted by atomic mass is 10.0. The predicted octanol–water partition coefficient (Wildman–Crippen LogP) is 3.08. The summed E-state index contributed by atoms with van der Waals surface area (Å²) in [6.45, 7) is 3.69. The Balaban J connectivity index is 2.27. The molecule has 2 aromatic carbocycles. The van der Waals surface area contributed by atoms with Gasteiger partial charge in [0.05, 0.1) is 0 Å². The summed E-state index contributed by atoms with van der Waals surface area (Å²) in [6.07, 6.45) is 0. The Morgan fingerprint density at radius 1 is 1.10 bits per heavy atom. The third-order valence-electron chi connectivity index (χ3n) is 3.31. The number of rotatable bonds is 2. The van der Waals surface area contributed by atoms with Crippen molar-refractivity contribution < 1.29 is 9.21 Å². The second-order valence-electron chi connectivity index (χ2n) is 5.27. The van der Waals surface area contributed by atoms with Gasteiger partial charge in [-0.25, -0.2) is 4.79 Å². The molecule has 3 aromatic rings. The highest BCUT2D eigenvalue weighted by atomic mass is 16.4. The van der Waals surface area contributed by atoms with Crippen molar-refractivity contribution in [1.82, 2.24) is 5.32 Å². The van der Waals surface area contributed by atoms with Crippen molar-refractivity contribution in [2.75, 3.05) is 0 Å². The fraction of sp³-hybridized carbons (Fsp3) is 0.176. The second kappa shape index (κ2) is 5.05. The maximum absolute atomic E-state index is 12.1. The lowest BCUT2D eigenvalue weighted by Gasteiger charge is -2.08. The van der Waals surface area contributed by atoms with E-state index >= 15 is 0 Å². The van der Waals surface area contributed by atoms with E-state index in [4.69, 9.17) is 4.42 Å². The first kappa shape index (κ1) is 13.4. The second-order valence-corrected chi connectivity index (χ2v) is 5.27. The highest BCUT2D eigenvalue weighted by Gasteiger charge is 2.15. The zero-order chi connectivity index (χ0) is 15.0. The van der Waals surface area contributed by atoms with Gasteiger partial charge in [-0.05, 0) is 36.8 Å². The van der Waals surface area contributed by atoms with Crippen LogP contribution < -0.4 is 10.9 Å². The molecule has 0 saturated carbocycles. The molecule has 1 amide bonds. The number of amides is 1. The van der Waals surface area contributed by atoms with Crippen LogP contribution in [0.1, 0.15) is 24.2 Å². The Kier molecular flexibility index (Phi) is 3.22. The maximum atomic E-state index is 12.1. The van der Waals surface area contributed by atoms with Gasteiger partial charge in [0.2, 0.25) is 0 Å². The molecule has 0 aliphatic carbocycles. The zero-order valence-electron chi connectivity index (χ0n) is 11.8. The SMILES string of the molecule is CC(C)NC(=O)c1cc2c(ccc3ccccc32)oc1=O. The molecule has 21 heavy (non-hydrogen) atoms. The summed E-state index contributed by atoms with van der Waals surface area (Å²) in [5, 5.41) is 5.47. The van der Waals surface area contributed by atoms with Crippen LogP contribution in [0.2, 0.25) is 0 Å². The predicted molar refractivity (Wildman–Crippen MR) is 82.6 cm³/mol. The number of nitrogens with one attached hydrogen (secondary N) is 1. The summed E-state index contributed by atoms with van der Waals surface area (Å²) in [6, 6.07) is 13.0. The minimum atomic E-state index is -0.615. The first-order valence-corrected chi connectivity index (χ1v) is 6.83. The molecule has 0 fully saturated rings. The van der Waals surface area contributed by atoms with Crippen molar-refractivity contribution in [3.05, 3.63) is 58.4 Å². The highest BCUT2D eigenvalue weighted by Crippen LogP contribution is 2.24. The van der Waals surface area contributed by atoms with Gasteiger partial charge >= 0.3 is 5.63 Å². The van der Waals surface area contributed by atoms with E-state index < -0.39 is 11.5 Å². The third kappa shape index (κ3) is 2.40. The van der Waals surface area contributed by atoms with E-state index in [0.29, 0.717) is 5.58 Å². The van der Waals surface area contributed by atoms with Crippen LogP contribution in [0.3, 0.4) is 0 Å². The molecule has 0 radical (unpaired) electrons. The largest absolute Gasteiger partial charge is 0.422 e. The summed E-state index contributed by atoms with van der Waals surface area (Å²) in [5.74, 6) is -0.409. The highest BCUT2D eigenvalue weighted by molar-refractivity contribution is 6.07. The quantitative estimate of drug-likeness (QED) is 0.580. The van der Waals surface area contributed by atoms with Crippen LogP contribution in [0, 0.1) is 0 Å². The molecule has 1 aromatic heterocycles. The summed E-state index contributed by atoms with van der Waals surface area (Å²) in [4.78, 5) is 24.0. The molecular formula is C17H15NO3. The lowest BCUT2D eigenvalue weighted by Crippen LogP contribution is -2.33. The molecule has 3 rings (SSSR count). The molecule has 0 saturated heterocycles. The van der Waals surface area contributed by atoms with Gasteiger partial charge in [0.15, 0.2) is 0 Å². The summed E-state index contributed by atoms with van der Waals surface area (Å²) < 4.78 is 5.29. The van der Waals surface area contributed by atoms with Crippen LogP contribution in [-0.2, 0) is 0 Å². The summed E-state index contributed by atoms with van der Waals surface area (Å²) in [7, 11) is 0. The third-order valence-corrected chi connectivity index (χ3v) is 3.31. The molecule has 4 heteroatoms. The number of hydrogen-bond acceptors (Lipinski definition) is 3. The van der Waals surface area contributed by atoms with Gasteiger partial charge < -0.3 is 9.73 Å². The molecular weight excluding hydrogens is 266 g/mol. The van der Waals surface area contributed by atoms with Gasteiger partial charge in [-0.1, -0.05) is 30.3 Å². The Morgan fingerprint density at radius 2 is 1.86 bits per heavy atom. The van der Waals surface area contributed by atoms with Gasteiger partial charge in [0.25, 0.3) is 5.91 Å². The standard InChI is InChI=1S/C17H15NO3/c1-10(2)18-16(19)14-9-13-12-6-4-3-5-11(12)7-8-15(13)21-17(14)20/h3-10H,1-2H3,(H,18,19). The first-order chi connectivity index (χ1) is 10.1. The lowest BCUT2D eigenvalue weighted by molar-refractivity contribution is 0.0939. The van der Waals surface area contributed by atoms with Crippen LogP contribution >= 0.6 is 0 Å². The van der Waals surface area contributed by atoms with Gasteiger partial charge in [0, 0.05) is 11.4 Å². The number of carbonyl (C=O) groups excluding carboxylic acids is 1. The van der Waals surface area contributed by atoms with E-state index in [0.717, 1.165) is 16.2 Å². The van der Waals surface area contributed by atoms with E-state index in [-0.39, 0.29) is 11.6 Å². The van der Waals surface area contributed by atoms with Crippen LogP contribution in [0.5, 0.6) is 0 Å². The number of benzene rings is 2. The smallest absolute Gasteiger partial charge is 0.349 e. The van der Waals surface area contributed by atoms with Gasteiger partial charge in [-0.2, -0.15) is 0 Å². The van der Waals surface area contributed by atoms with Crippen molar-refractivity contribution in [3.8, 4) is 0 Å². The number of fused-ring (bicyclic) bond motifs is 3. The molecule has 0 unspecified atom stereocenters. The number of carbonyl (C=O) groups is 1. The van der Waals surface area contributed by atoms with E-state index in [1.165, 1.54) is 0 Å². The van der Waals surface area contributed by atoms with Crippen molar-refractivity contribution in [3.63, 3.8) is 0 Å². The van der Waals surface area contributed by atoms with Crippen LogP contribution in [0.15, 0.2) is 51.7 Å². The van der Waals surface area contributed by atoms with Gasteiger partial charge in [-0.3, -0.25) is 4.79 Å². The van der Waals surface area contributed by atoms with Crippen LogP contribution in [-0.4, -0.2) is 11.9 Å². The van der Waals surface area contributed by atoms with Crippen LogP contribution in [0.4, 0.5) is 0 Å². The normalized spacial score (nSPS) is 11.2. The molecule has 1 heterocycles. The fourth-order valence-electron chi connectivity index (χ4n) is 2.37. The minimum absolute atomic E-state index is 0.0348. The van der Waals surface area contributed by atoms with Crippen molar-refractivity contribution in [2.45, 2.75) is 19.9 Å². The molecule has 0 spiro atoms. The minimum Gasteiger partial charge on any atom is -0.422 e. The average molecular weight is 281 g/mol. The average Bonchev–Trinajstić information content (AvgIpc) is 2.45. The molecule has 1 N–H and O–H groups in total. The fourth-order valence-corrected chi connectivity index (χ4v) is 2.37. The summed E-state index contributed by atoms with van der Waals surface area (Å²) in [5.41, 5.74) is -0.0942. The molecule has 4 nitrogen and oxygen atoms in total. The van der Waals surface area contributed by atoms with Gasteiger partial charge in [0.1, 0.15) is 11.1 Å². The maximum Gasteiger partial charge on any atom is 0.349 e. The van der Waals surface area contributed by atoms with E-state index in [1.54, 1.807) is 12.1 Å². The Labute approximate surface area is 121 Å². The van der Waals surface area contributed by atoms with Crippen molar-refractivity contribution in [2.24, 2.45) is 0 Å². The van der Waals surface area contributed by atoms with E-state index in [2.05, 4.69) is 5.32 Å². The topological polar surface area (TPSA) is 59.3 Å². The first-order valence-electron chi connectivity index (χ1n) is 6.83. The Morgan fingerprint density at radius 3 is 2.62 bits per heavy atom. The Hall–Kier alpha value is -2.62. The molecule has 0 aliphatic rings. The molecule has 0 bridgehead atoms. The molecule has 106 valence electrons.